The van der Waals surface area contributed by atoms with Gasteiger partial charge in [-0.2, -0.15) is 0 Å². The summed E-state index contributed by atoms with van der Waals surface area (Å²) in [6.45, 7) is 5.84. The number of phenolic OH excluding ortho intramolecular Hbond substituents is 1. The number of hydrogen-bond acceptors (Lipinski definition) is 5. The van der Waals surface area contributed by atoms with Crippen molar-refractivity contribution >= 4 is 17.9 Å². The number of hydrogen-bond donors (Lipinski definition) is 1. The Bertz CT molecular complexity index is 651. The second kappa shape index (κ2) is 9.79. The lowest BCUT2D eigenvalue weighted by Crippen LogP contribution is -2.43. The average Bonchev–Trinajstić information content (AvgIpc) is 2.94. The lowest BCUT2D eigenvalue weighted by atomic mass is 9.81. The number of phenols is 1. The van der Waals surface area contributed by atoms with Crippen LogP contribution in [0, 0.1) is 5.41 Å². The summed E-state index contributed by atoms with van der Waals surface area (Å²) in [5, 5.41) is 9.32. The summed E-state index contributed by atoms with van der Waals surface area (Å²) in [7, 11) is 0. The zero-order valence-electron chi connectivity index (χ0n) is 16.4. The van der Waals surface area contributed by atoms with Gasteiger partial charge in [0.05, 0.1) is 6.04 Å². The SMILES string of the molecule is CC1(C)CCN(CCCC(=O)C=O)[C@@H]1C(=O)CCCCc1ccc(O)cc1. The number of rotatable bonds is 11. The zero-order valence-corrected chi connectivity index (χ0v) is 16.4. The summed E-state index contributed by atoms with van der Waals surface area (Å²) >= 11 is 0. The molecule has 1 heterocycles. The van der Waals surface area contributed by atoms with Gasteiger partial charge in [0, 0.05) is 12.8 Å². The molecule has 1 fully saturated rings. The van der Waals surface area contributed by atoms with Crippen molar-refractivity contribution in [2.24, 2.45) is 5.41 Å². The van der Waals surface area contributed by atoms with Gasteiger partial charge in [0.1, 0.15) is 5.75 Å². The van der Waals surface area contributed by atoms with Crippen molar-refractivity contribution in [2.75, 3.05) is 13.1 Å². The van der Waals surface area contributed by atoms with Crippen LogP contribution in [0.5, 0.6) is 5.75 Å². The van der Waals surface area contributed by atoms with Crippen molar-refractivity contribution in [1.29, 1.82) is 0 Å². The summed E-state index contributed by atoms with van der Waals surface area (Å²) in [4.78, 5) is 36.7. The van der Waals surface area contributed by atoms with Gasteiger partial charge >= 0.3 is 0 Å². The number of benzene rings is 1. The highest BCUT2D eigenvalue weighted by Gasteiger charge is 2.43. The monoisotopic (exact) mass is 373 g/mol. The molecule has 0 unspecified atom stereocenters. The van der Waals surface area contributed by atoms with E-state index in [4.69, 9.17) is 0 Å². The highest BCUT2D eigenvalue weighted by Crippen LogP contribution is 2.37. The van der Waals surface area contributed by atoms with Gasteiger partial charge in [-0.25, -0.2) is 0 Å². The molecule has 1 aliphatic heterocycles. The van der Waals surface area contributed by atoms with Crippen molar-refractivity contribution in [3.63, 3.8) is 0 Å². The number of likely N-dealkylation sites (tertiary alicyclic amines) is 1. The van der Waals surface area contributed by atoms with Crippen LogP contribution >= 0.6 is 0 Å². The van der Waals surface area contributed by atoms with Crippen LogP contribution in [0.15, 0.2) is 24.3 Å². The molecule has 1 atom stereocenters. The number of aldehydes is 1. The normalized spacial score (nSPS) is 19.1. The summed E-state index contributed by atoms with van der Waals surface area (Å²) in [6.07, 6.45) is 5.49. The Morgan fingerprint density at radius 3 is 2.52 bits per heavy atom. The molecule has 0 aliphatic carbocycles. The quantitative estimate of drug-likeness (QED) is 0.366. The van der Waals surface area contributed by atoms with Crippen molar-refractivity contribution < 1.29 is 19.5 Å². The molecular formula is C22H31NO4. The zero-order chi connectivity index (χ0) is 19.9. The number of unbranched alkanes of at least 4 members (excludes halogenated alkanes) is 1. The fourth-order valence-electron chi connectivity index (χ4n) is 4.02. The Morgan fingerprint density at radius 2 is 1.85 bits per heavy atom. The predicted molar refractivity (Wildman–Crippen MR) is 105 cm³/mol. The topological polar surface area (TPSA) is 74.7 Å². The fraction of sp³-hybridized carbons (Fsp3) is 0.591. The number of nitrogens with zero attached hydrogens (tertiary/aromatic N) is 1. The van der Waals surface area contributed by atoms with Crippen molar-refractivity contribution in [3.8, 4) is 5.75 Å². The highest BCUT2D eigenvalue weighted by molar-refractivity contribution is 6.24. The Balaban J connectivity index is 1.80. The van der Waals surface area contributed by atoms with E-state index in [0.29, 0.717) is 25.7 Å². The second-order valence-corrected chi connectivity index (χ2v) is 8.20. The van der Waals surface area contributed by atoms with E-state index in [1.165, 1.54) is 5.56 Å². The molecule has 1 aromatic rings. The van der Waals surface area contributed by atoms with Crippen LogP contribution in [0.25, 0.3) is 0 Å². The van der Waals surface area contributed by atoms with Crippen LogP contribution in [0.1, 0.15) is 57.9 Å². The van der Waals surface area contributed by atoms with Crippen molar-refractivity contribution in [3.05, 3.63) is 29.8 Å². The standard InChI is InChI=1S/C22H31NO4/c1-22(2)13-15-23(14-5-7-19(26)16-24)21(22)20(27)8-4-3-6-17-9-11-18(25)12-10-17/h9-12,16,21,25H,3-8,13-15H2,1-2H3/t21-/m1/s1. The van der Waals surface area contributed by atoms with Gasteiger partial charge in [0.2, 0.25) is 0 Å². The first-order valence-electron chi connectivity index (χ1n) is 9.86. The minimum atomic E-state index is -0.370. The van der Waals surface area contributed by atoms with Crippen LogP contribution in [-0.4, -0.2) is 47.0 Å². The second-order valence-electron chi connectivity index (χ2n) is 8.20. The number of aromatic hydroxyl groups is 1. The number of carbonyl (C=O) groups is 3. The molecule has 5 heteroatoms. The highest BCUT2D eigenvalue weighted by atomic mass is 16.3. The van der Waals surface area contributed by atoms with Crippen LogP contribution in [0.4, 0.5) is 0 Å². The fourth-order valence-corrected chi connectivity index (χ4v) is 4.02. The maximum atomic E-state index is 12.9. The van der Waals surface area contributed by atoms with Crippen LogP contribution < -0.4 is 0 Å². The number of Topliss-reactive ketones (excluding diaryl/α,β-unsaturated/α-hetero) is 2. The summed E-state index contributed by atoms with van der Waals surface area (Å²) in [5.41, 5.74) is 1.12. The van der Waals surface area contributed by atoms with Crippen molar-refractivity contribution in [1.82, 2.24) is 4.90 Å². The lowest BCUT2D eigenvalue weighted by molar-refractivity contribution is -0.130. The van der Waals surface area contributed by atoms with E-state index in [1.54, 1.807) is 12.1 Å². The van der Waals surface area contributed by atoms with Gasteiger partial charge < -0.3 is 5.11 Å². The first-order chi connectivity index (χ1) is 12.8. The molecule has 5 nitrogen and oxygen atoms in total. The molecule has 0 amide bonds. The van der Waals surface area contributed by atoms with E-state index in [-0.39, 0.29) is 35.2 Å². The molecule has 1 saturated heterocycles. The molecule has 1 aliphatic rings. The van der Waals surface area contributed by atoms with Gasteiger partial charge in [-0.3, -0.25) is 19.3 Å². The van der Waals surface area contributed by atoms with Gasteiger partial charge in [-0.1, -0.05) is 26.0 Å². The molecule has 27 heavy (non-hydrogen) atoms. The number of carbonyl (C=O) groups excluding carboxylic acids is 3. The van der Waals surface area contributed by atoms with Crippen LogP contribution in [0.3, 0.4) is 0 Å². The van der Waals surface area contributed by atoms with E-state index in [9.17, 15) is 19.5 Å². The number of aryl methyl sites for hydroxylation is 1. The Morgan fingerprint density at radius 1 is 1.15 bits per heavy atom. The van der Waals surface area contributed by atoms with Crippen LogP contribution in [0.2, 0.25) is 0 Å². The molecule has 1 aromatic carbocycles. The third kappa shape index (κ3) is 6.28. The number of ketones is 2. The molecule has 2 rings (SSSR count). The molecule has 148 valence electrons. The van der Waals surface area contributed by atoms with E-state index in [0.717, 1.165) is 32.2 Å². The van der Waals surface area contributed by atoms with Crippen molar-refractivity contribution in [2.45, 2.75) is 64.8 Å². The summed E-state index contributed by atoms with van der Waals surface area (Å²) in [6, 6.07) is 7.11. The van der Waals surface area contributed by atoms with E-state index in [1.807, 2.05) is 12.1 Å². The summed E-state index contributed by atoms with van der Waals surface area (Å²) in [5.74, 6) is 0.183. The van der Waals surface area contributed by atoms with E-state index < -0.39 is 0 Å². The molecule has 0 bridgehead atoms. The molecule has 0 saturated carbocycles. The molecule has 0 spiro atoms. The third-order valence-corrected chi connectivity index (χ3v) is 5.53. The summed E-state index contributed by atoms with van der Waals surface area (Å²) < 4.78 is 0. The van der Waals surface area contributed by atoms with E-state index in [2.05, 4.69) is 18.7 Å². The minimum Gasteiger partial charge on any atom is -0.508 e. The third-order valence-electron chi connectivity index (χ3n) is 5.53. The first kappa shape index (κ1) is 21.3. The Kier molecular flexibility index (Phi) is 7.72. The molecule has 0 radical (unpaired) electrons. The van der Waals surface area contributed by atoms with E-state index >= 15 is 0 Å². The van der Waals surface area contributed by atoms with Gasteiger partial charge in [0.15, 0.2) is 17.9 Å². The average molecular weight is 373 g/mol. The maximum absolute atomic E-state index is 12.9. The molecule has 0 aromatic heterocycles. The smallest absolute Gasteiger partial charge is 0.195 e. The minimum absolute atomic E-state index is 0.0529. The lowest BCUT2D eigenvalue weighted by Gasteiger charge is -2.31. The predicted octanol–water partition coefficient (Wildman–Crippen LogP) is 3.32. The Labute approximate surface area is 161 Å². The van der Waals surface area contributed by atoms with Gasteiger partial charge in [0.25, 0.3) is 0 Å². The Hall–Kier alpha value is -2.01. The molecule has 1 N–H and O–H groups in total. The van der Waals surface area contributed by atoms with Gasteiger partial charge in [-0.15, -0.1) is 0 Å². The van der Waals surface area contributed by atoms with Crippen LogP contribution in [-0.2, 0) is 20.8 Å². The maximum Gasteiger partial charge on any atom is 0.195 e. The van der Waals surface area contributed by atoms with Gasteiger partial charge in [-0.05, 0) is 68.3 Å². The largest absolute Gasteiger partial charge is 0.508 e. The molecular weight excluding hydrogens is 342 g/mol. The first-order valence-corrected chi connectivity index (χ1v) is 9.86.